The summed E-state index contributed by atoms with van der Waals surface area (Å²) in [4.78, 5) is 38.2. The highest BCUT2D eigenvalue weighted by atomic mass is 19.3. The number of ether oxygens (including phenoxy) is 1. The molecule has 0 aliphatic carbocycles. The van der Waals surface area contributed by atoms with Crippen molar-refractivity contribution in [3.8, 4) is 18.1 Å². The first-order valence-electron chi connectivity index (χ1n) is 8.38. The lowest BCUT2D eigenvalue weighted by molar-refractivity contribution is -0.192. The number of nitrogens with zero attached hydrogens (tertiary/aromatic N) is 2. The second-order valence-corrected chi connectivity index (χ2v) is 6.28. The monoisotopic (exact) mass is 392 g/mol. The average Bonchev–Trinajstić information content (AvgIpc) is 2.83. The molecule has 6 nitrogen and oxygen atoms in total. The third-order valence-corrected chi connectivity index (χ3v) is 4.48. The van der Waals surface area contributed by atoms with Crippen molar-refractivity contribution in [1.29, 1.82) is 0 Å². The molecular weight excluding hydrogens is 377 g/mol. The van der Waals surface area contributed by atoms with Crippen molar-refractivity contribution in [2.75, 3.05) is 16.3 Å². The minimum Gasteiger partial charge on any atom is -0.423 e. The van der Waals surface area contributed by atoms with E-state index < -0.39 is 47.6 Å². The normalized spacial score (nSPS) is 18.4. The first kappa shape index (κ1) is 19.5. The number of terminal acetylenes is 1. The van der Waals surface area contributed by atoms with Gasteiger partial charge in [0.05, 0.1) is 17.9 Å². The summed E-state index contributed by atoms with van der Waals surface area (Å²) in [5, 5.41) is 0. The van der Waals surface area contributed by atoms with Crippen LogP contribution in [0.25, 0.3) is 0 Å². The van der Waals surface area contributed by atoms with Crippen LogP contribution < -0.4 is 14.5 Å². The first-order valence-corrected chi connectivity index (χ1v) is 8.38. The van der Waals surface area contributed by atoms with Gasteiger partial charge in [-0.1, -0.05) is 19.3 Å². The van der Waals surface area contributed by atoms with E-state index in [9.17, 15) is 27.6 Å². The number of alkyl halides is 2. The molecule has 0 fully saturated rings. The molecule has 2 aliphatic heterocycles. The number of rotatable bonds is 4. The number of hydrogen-bond donors (Lipinski definition) is 0. The minimum atomic E-state index is -4.22. The van der Waals surface area contributed by atoms with E-state index in [2.05, 4.69) is 10.7 Å². The number of imide groups is 1. The van der Waals surface area contributed by atoms with Crippen LogP contribution in [0.5, 0.6) is 5.75 Å². The summed E-state index contributed by atoms with van der Waals surface area (Å²) < 4.78 is 46.5. The Kier molecular flexibility index (Phi) is 4.67. The predicted octanol–water partition coefficient (Wildman–Crippen LogP) is 2.77. The fourth-order valence-electron chi connectivity index (χ4n) is 3.14. The van der Waals surface area contributed by atoms with Crippen LogP contribution in [0.2, 0.25) is 0 Å². The molecule has 0 bridgehead atoms. The fourth-order valence-corrected chi connectivity index (χ4v) is 3.14. The molecule has 0 atom stereocenters. The molecule has 3 amide bonds. The fraction of sp³-hybridized carbons (Fsp3) is 0.316. The number of amides is 3. The van der Waals surface area contributed by atoms with Crippen LogP contribution >= 0.6 is 0 Å². The van der Waals surface area contributed by atoms with Gasteiger partial charge in [0.1, 0.15) is 0 Å². The van der Waals surface area contributed by atoms with Gasteiger partial charge in [0.15, 0.2) is 11.6 Å². The molecule has 28 heavy (non-hydrogen) atoms. The Morgan fingerprint density at radius 2 is 1.86 bits per heavy atom. The maximum absolute atomic E-state index is 14.6. The number of hydrogen-bond acceptors (Lipinski definition) is 4. The standard InChI is InChI=1S/C19H15F3N2O4/c1-4-6-11-10(3)16(25)24(17(11)26)13-9-14-15(8-12(13)20)28-19(21,22)18(27)23(14)7-5-2/h2,8-9H,4,6-7H2,1,3H3. The molecule has 2 heterocycles. The molecule has 2 aliphatic rings. The molecule has 3 rings (SSSR count). The molecule has 0 saturated carbocycles. The molecule has 146 valence electrons. The van der Waals surface area contributed by atoms with Gasteiger partial charge in [0, 0.05) is 17.2 Å². The molecule has 0 aromatic heterocycles. The summed E-state index contributed by atoms with van der Waals surface area (Å²) in [7, 11) is 0. The number of halogens is 3. The summed E-state index contributed by atoms with van der Waals surface area (Å²) in [6.45, 7) is 2.75. The van der Waals surface area contributed by atoms with Crippen molar-refractivity contribution in [2.45, 2.75) is 32.8 Å². The highest BCUT2D eigenvalue weighted by Gasteiger charge is 2.51. The number of fused-ring (bicyclic) bond motifs is 1. The molecule has 1 aromatic rings. The van der Waals surface area contributed by atoms with Crippen LogP contribution in [0.15, 0.2) is 23.3 Å². The van der Waals surface area contributed by atoms with Crippen molar-refractivity contribution in [3.63, 3.8) is 0 Å². The number of carbonyl (C=O) groups excluding carboxylic acids is 3. The first-order chi connectivity index (χ1) is 13.1. The van der Waals surface area contributed by atoms with Crippen LogP contribution in [0, 0.1) is 18.2 Å². The van der Waals surface area contributed by atoms with Crippen LogP contribution in [-0.2, 0) is 14.4 Å². The van der Waals surface area contributed by atoms with Gasteiger partial charge >= 0.3 is 12.0 Å². The zero-order valence-electron chi connectivity index (χ0n) is 15.0. The summed E-state index contributed by atoms with van der Waals surface area (Å²) in [6.07, 6.45) is 1.85. The lowest BCUT2D eigenvalue weighted by Gasteiger charge is -2.33. The molecule has 0 N–H and O–H groups in total. The van der Waals surface area contributed by atoms with Crippen LogP contribution in [0.1, 0.15) is 26.7 Å². The van der Waals surface area contributed by atoms with Gasteiger partial charge in [-0.05, 0) is 19.4 Å². The quantitative estimate of drug-likeness (QED) is 0.584. The van der Waals surface area contributed by atoms with Crippen molar-refractivity contribution < 1.29 is 32.3 Å². The Labute approximate surface area is 158 Å². The van der Waals surface area contributed by atoms with Crippen LogP contribution in [-0.4, -0.2) is 30.4 Å². The summed E-state index contributed by atoms with van der Waals surface area (Å²) in [5.41, 5.74) is -0.289. The largest absolute Gasteiger partial charge is 0.483 e. The average molecular weight is 392 g/mol. The Morgan fingerprint density at radius 1 is 1.18 bits per heavy atom. The van der Waals surface area contributed by atoms with Crippen molar-refractivity contribution >= 4 is 29.1 Å². The summed E-state index contributed by atoms with van der Waals surface area (Å²) >= 11 is 0. The molecule has 1 aromatic carbocycles. The second kappa shape index (κ2) is 6.71. The lowest BCUT2D eigenvalue weighted by Crippen LogP contribution is -2.51. The predicted molar refractivity (Wildman–Crippen MR) is 93.3 cm³/mol. The maximum atomic E-state index is 14.6. The van der Waals surface area contributed by atoms with Gasteiger partial charge in [0.25, 0.3) is 11.8 Å². The summed E-state index contributed by atoms with van der Waals surface area (Å²) in [6, 6.07) is 1.54. The van der Waals surface area contributed by atoms with Crippen LogP contribution in [0.4, 0.5) is 24.5 Å². The maximum Gasteiger partial charge on any atom is 0.483 e. The molecule has 0 unspecified atom stereocenters. The van der Waals surface area contributed by atoms with E-state index in [1.54, 1.807) is 0 Å². The van der Waals surface area contributed by atoms with Gasteiger partial charge in [-0.15, -0.1) is 6.42 Å². The molecule has 9 heteroatoms. The van der Waals surface area contributed by atoms with Gasteiger partial charge in [-0.2, -0.15) is 8.78 Å². The van der Waals surface area contributed by atoms with E-state index in [4.69, 9.17) is 6.42 Å². The lowest BCUT2D eigenvalue weighted by atomic mass is 10.1. The van der Waals surface area contributed by atoms with E-state index in [1.807, 2.05) is 6.92 Å². The SMILES string of the molecule is C#CCN1C(=O)C(F)(F)Oc2cc(F)c(N3C(=O)C(C)=C(CCC)C3=O)cc21. The number of benzene rings is 1. The number of carbonyl (C=O) groups is 3. The van der Waals surface area contributed by atoms with Gasteiger partial charge in [-0.25, -0.2) is 9.29 Å². The Hall–Kier alpha value is -3.28. The molecule has 0 radical (unpaired) electrons. The molecule has 0 saturated heterocycles. The van der Waals surface area contributed by atoms with E-state index in [0.717, 1.165) is 6.07 Å². The Balaban J connectivity index is 2.12. The third-order valence-electron chi connectivity index (χ3n) is 4.48. The zero-order valence-corrected chi connectivity index (χ0v) is 15.0. The molecule has 0 spiro atoms. The van der Waals surface area contributed by atoms with E-state index in [0.29, 0.717) is 28.7 Å². The Bertz CT molecular complexity index is 978. The molecular formula is C19H15F3N2O4. The van der Waals surface area contributed by atoms with Gasteiger partial charge in [-0.3, -0.25) is 19.3 Å². The third kappa shape index (κ3) is 2.81. The van der Waals surface area contributed by atoms with E-state index >= 15 is 0 Å². The van der Waals surface area contributed by atoms with Crippen molar-refractivity contribution in [1.82, 2.24) is 0 Å². The number of anilines is 2. The zero-order chi connectivity index (χ0) is 20.8. The Morgan fingerprint density at radius 3 is 2.46 bits per heavy atom. The van der Waals surface area contributed by atoms with Crippen molar-refractivity contribution in [3.05, 3.63) is 29.1 Å². The highest BCUT2D eigenvalue weighted by molar-refractivity contribution is 6.32. The van der Waals surface area contributed by atoms with Crippen LogP contribution in [0.3, 0.4) is 0 Å². The van der Waals surface area contributed by atoms with E-state index in [1.165, 1.54) is 6.92 Å². The van der Waals surface area contributed by atoms with Gasteiger partial charge in [0.2, 0.25) is 0 Å². The topological polar surface area (TPSA) is 66.9 Å². The minimum absolute atomic E-state index is 0.184. The summed E-state index contributed by atoms with van der Waals surface area (Å²) in [5.74, 6) is -2.83. The highest BCUT2D eigenvalue weighted by Crippen LogP contribution is 2.43. The van der Waals surface area contributed by atoms with Gasteiger partial charge < -0.3 is 4.74 Å². The smallest absolute Gasteiger partial charge is 0.423 e. The van der Waals surface area contributed by atoms with E-state index in [-0.39, 0.29) is 16.8 Å². The van der Waals surface area contributed by atoms with Crippen molar-refractivity contribution in [2.24, 2.45) is 0 Å². The second-order valence-electron chi connectivity index (χ2n) is 6.28.